The Labute approximate surface area is 536 Å². The number of ether oxygens (including phenoxy) is 2. The fourth-order valence-corrected chi connectivity index (χ4v) is 17.9. The summed E-state index contributed by atoms with van der Waals surface area (Å²) in [5, 5.41) is 26.2. The molecule has 0 radical (unpaired) electrons. The average Bonchev–Trinajstić information content (AvgIpc) is 0.759. The van der Waals surface area contributed by atoms with Gasteiger partial charge in [0.25, 0.3) is 26.9 Å². The summed E-state index contributed by atoms with van der Waals surface area (Å²) in [6.07, 6.45) is 0. The predicted octanol–water partition coefficient (Wildman–Crippen LogP) is 10.6. The first-order valence-electron chi connectivity index (χ1n) is 31.8. The van der Waals surface area contributed by atoms with Crippen molar-refractivity contribution < 1.29 is 9.47 Å². The van der Waals surface area contributed by atoms with Gasteiger partial charge < -0.3 is 33.6 Å². The van der Waals surface area contributed by atoms with Crippen LogP contribution in [-0.4, -0.2) is 31.4 Å². The van der Waals surface area contributed by atoms with Crippen LogP contribution in [0.25, 0.3) is 27.5 Å². The van der Waals surface area contributed by atoms with E-state index in [-0.39, 0.29) is 26.9 Å². The second kappa shape index (κ2) is 17.8. The molecule has 13 heteroatoms. The van der Waals surface area contributed by atoms with Gasteiger partial charge in [-0.15, -0.1) is 0 Å². The normalized spacial score (nSPS) is 14.2. The second-order valence-electron chi connectivity index (χ2n) is 25.5. The number of aromatic nitrogens is 1. The largest absolute Gasteiger partial charge is 0.457 e. The van der Waals surface area contributed by atoms with E-state index < -0.39 is 0 Å². The zero-order chi connectivity index (χ0) is 60.6. The van der Waals surface area contributed by atoms with Crippen LogP contribution in [0.1, 0.15) is 11.1 Å². The third-order valence-electron chi connectivity index (χ3n) is 21.3. The maximum Gasteiger partial charge on any atom is 0.256 e. The highest BCUT2D eigenvalue weighted by molar-refractivity contribution is 7.06. The van der Waals surface area contributed by atoms with Gasteiger partial charge in [-0.2, -0.15) is 10.5 Å². The minimum Gasteiger partial charge on any atom is -0.457 e. The van der Waals surface area contributed by atoms with Crippen LogP contribution in [0.5, 0.6) is 23.0 Å². The van der Waals surface area contributed by atoms with Gasteiger partial charge >= 0.3 is 0 Å². The molecule has 13 aromatic carbocycles. The molecule has 0 aliphatic carbocycles. The molecule has 0 amide bonds. The number of hydrogen-bond acceptors (Lipinski definition) is 8. The number of rotatable bonds is 3. The third kappa shape index (κ3) is 6.06. The molecular weight excluding hydrogens is 1130 g/mol. The Morgan fingerprint density at radius 3 is 0.903 bits per heavy atom. The Hall–Kier alpha value is -12.3. The third-order valence-corrected chi connectivity index (χ3v) is 21.3. The van der Waals surface area contributed by atoms with E-state index in [1.807, 2.05) is 12.1 Å². The van der Waals surface area contributed by atoms with Crippen molar-refractivity contribution in [3.8, 4) is 40.8 Å². The van der Waals surface area contributed by atoms with E-state index in [4.69, 9.17) is 9.47 Å². The Bertz CT molecular complexity index is 5520. The van der Waals surface area contributed by atoms with Crippen LogP contribution in [0.15, 0.2) is 261 Å². The maximum atomic E-state index is 12.1. The molecule has 1 aromatic heterocycles. The van der Waals surface area contributed by atoms with Gasteiger partial charge in [-0.25, -0.2) is 0 Å². The van der Waals surface area contributed by atoms with Crippen LogP contribution in [0.3, 0.4) is 0 Å². The summed E-state index contributed by atoms with van der Waals surface area (Å²) in [7, 11) is 0. The Morgan fingerprint density at radius 1 is 0.280 bits per heavy atom. The van der Waals surface area contributed by atoms with E-state index in [1.54, 1.807) is 0 Å². The summed E-state index contributed by atoms with van der Waals surface area (Å²) in [6, 6.07) is 99.3. The van der Waals surface area contributed by atoms with Crippen molar-refractivity contribution in [1.29, 1.82) is 10.5 Å². The average molecular weight is 1180 g/mol. The van der Waals surface area contributed by atoms with Gasteiger partial charge in [0.05, 0.1) is 22.4 Å². The molecule has 9 heterocycles. The first-order valence-corrected chi connectivity index (χ1v) is 31.8. The molecule has 22 rings (SSSR count). The molecular formula is C80H43B4N7O2. The van der Waals surface area contributed by atoms with Gasteiger partial charge in [0, 0.05) is 85.5 Å². The number of benzene rings is 13. The lowest BCUT2D eigenvalue weighted by molar-refractivity contribution is 0.486. The lowest BCUT2D eigenvalue weighted by atomic mass is 9.29. The van der Waals surface area contributed by atoms with Crippen LogP contribution in [0.2, 0.25) is 0 Å². The van der Waals surface area contributed by atoms with Crippen molar-refractivity contribution in [2.45, 2.75) is 0 Å². The van der Waals surface area contributed by atoms with Crippen LogP contribution in [0.4, 0.5) is 68.2 Å². The Balaban J connectivity index is 0.830. The van der Waals surface area contributed by atoms with Crippen molar-refractivity contribution in [3.05, 3.63) is 272 Å². The summed E-state index contributed by atoms with van der Waals surface area (Å²) >= 11 is 0. The molecule has 0 unspecified atom stereocenters. The fraction of sp³-hybridized carbons (Fsp3) is 0. The van der Waals surface area contributed by atoms with E-state index in [9.17, 15) is 10.5 Å². The van der Waals surface area contributed by atoms with Crippen LogP contribution >= 0.6 is 0 Å². The standard InChI is InChI=1S/C80H43B4N7O2/c85-44-51-75-71-77-73-79(51)92-69-42-67-49(40-59(69)83(73)57-32-14-20-38-65(57)90(77)63-36-18-12-30-55(63)81(71)53-28-10-16-34-61(53)88(75)47-24-6-2-7-25-47)50-41-60-70(43-68(50)87(67)46-22-4-1-5-23-46)93-80-52(45-86)76-72-78-74(80)84(60)58-33-15-21-39-66(58)91(78)64-37-19-13-31-56(64)82(72)54-29-11-17-35-62(54)89(76)48-26-8-3-9-27-48/h1-43H. The summed E-state index contributed by atoms with van der Waals surface area (Å²) in [4.78, 5) is 9.54. The van der Waals surface area contributed by atoms with Crippen LogP contribution in [0, 0.1) is 22.7 Å². The van der Waals surface area contributed by atoms with Gasteiger partial charge in [0.15, 0.2) is 0 Å². The van der Waals surface area contributed by atoms with Gasteiger partial charge in [0.1, 0.15) is 46.3 Å². The van der Waals surface area contributed by atoms with Crippen molar-refractivity contribution in [1.82, 2.24) is 4.57 Å². The molecule has 8 aliphatic heterocycles. The molecule has 0 fully saturated rings. The van der Waals surface area contributed by atoms with Crippen molar-refractivity contribution in [2.75, 3.05) is 19.6 Å². The van der Waals surface area contributed by atoms with Gasteiger partial charge in [-0.3, -0.25) is 0 Å². The van der Waals surface area contributed by atoms with Gasteiger partial charge in [0.2, 0.25) is 0 Å². The predicted molar refractivity (Wildman–Crippen MR) is 381 cm³/mol. The minimum absolute atomic E-state index is 0.173. The Kier molecular flexibility index (Phi) is 9.47. The lowest BCUT2D eigenvalue weighted by Crippen LogP contribution is -2.68. The smallest absolute Gasteiger partial charge is 0.256 e. The van der Waals surface area contributed by atoms with Crippen molar-refractivity contribution in [3.63, 3.8) is 0 Å². The monoisotopic (exact) mass is 1180 g/mol. The molecule has 0 saturated heterocycles. The summed E-state index contributed by atoms with van der Waals surface area (Å²) in [6.45, 7) is -0.983. The zero-order valence-electron chi connectivity index (χ0n) is 49.6. The van der Waals surface area contributed by atoms with E-state index in [1.165, 1.54) is 21.9 Å². The molecule has 0 saturated carbocycles. The van der Waals surface area contributed by atoms with Crippen molar-refractivity contribution >= 4 is 182 Å². The summed E-state index contributed by atoms with van der Waals surface area (Å²) in [5.41, 5.74) is 29.4. The number of para-hydroxylation sites is 9. The second-order valence-corrected chi connectivity index (χ2v) is 25.5. The Morgan fingerprint density at radius 2 is 0.570 bits per heavy atom. The summed E-state index contributed by atoms with van der Waals surface area (Å²) < 4.78 is 17.7. The van der Waals surface area contributed by atoms with Crippen molar-refractivity contribution in [2.24, 2.45) is 0 Å². The quantitative estimate of drug-likeness (QED) is 0.162. The van der Waals surface area contributed by atoms with E-state index >= 15 is 0 Å². The number of fused-ring (bicyclic) bond motifs is 23. The number of anilines is 12. The van der Waals surface area contributed by atoms with Gasteiger partial charge in [-0.05, 0) is 138 Å². The lowest BCUT2D eigenvalue weighted by Gasteiger charge is -2.49. The van der Waals surface area contributed by atoms with Gasteiger partial charge in [-0.1, -0.05) is 176 Å². The fourth-order valence-electron chi connectivity index (χ4n) is 17.9. The highest BCUT2D eigenvalue weighted by Crippen LogP contribution is 2.53. The summed E-state index contributed by atoms with van der Waals surface area (Å²) in [5.74, 6) is 2.54. The first kappa shape index (κ1) is 49.6. The van der Waals surface area contributed by atoms with Crippen LogP contribution in [-0.2, 0) is 0 Å². The van der Waals surface area contributed by atoms with E-state index in [0.717, 1.165) is 139 Å². The molecule has 422 valence electrons. The van der Waals surface area contributed by atoms with E-state index in [2.05, 4.69) is 285 Å². The molecule has 0 spiro atoms. The number of nitriles is 2. The minimum atomic E-state index is -0.319. The topological polar surface area (TPSA) is 83.9 Å². The first-order chi connectivity index (χ1) is 46.1. The molecule has 0 N–H and O–H groups in total. The number of hydrogen-bond donors (Lipinski definition) is 0. The molecule has 0 bridgehead atoms. The molecule has 9 nitrogen and oxygen atoms in total. The SMILES string of the molecule is N#Cc1c2c3c4c5c1N(c1ccccc1)c1ccccc1B5c1ccccc1N4c1ccccc1B3c1cc3c4cc5c(cc4n(-c4ccccc4)c3cc1O2)Oc1c(C#N)c2c3c4c1B5c1ccccc1N4c1ccccc1B3c1ccccc1N2c1ccccc1. The molecule has 93 heavy (non-hydrogen) atoms. The highest BCUT2D eigenvalue weighted by Gasteiger charge is 2.55. The van der Waals surface area contributed by atoms with E-state index in [0.29, 0.717) is 34.1 Å². The molecule has 0 atom stereocenters. The van der Waals surface area contributed by atoms with Crippen LogP contribution < -0.4 is 94.6 Å². The highest BCUT2D eigenvalue weighted by atomic mass is 16.5. The molecule has 14 aromatic rings. The maximum absolute atomic E-state index is 12.1. The zero-order valence-corrected chi connectivity index (χ0v) is 49.6. The number of nitrogens with zero attached hydrogens (tertiary/aromatic N) is 7. The molecule has 8 aliphatic rings.